The maximum Gasteiger partial charge on any atom is 0.251 e. The molecule has 1 heterocycles. The first kappa shape index (κ1) is 41.1. The van der Waals surface area contributed by atoms with Crippen molar-refractivity contribution in [2.45, 2.75) is 6.42 Å². The third kappa shape index (κ3) is 16.7. The van der Waals surface area contributed by atoms with Crippen molar-refractivity contribution in [3.8, 4) is 5.75 Å². The van der Waals surface area contributed by atoms with Crippen molar-refractivity contribution < 1.29 is 33.6 Å². The lowest BCUT2D eigenvalue weighted by atomic mass is 10.1. The van der Waals surface area contributed by atoms with Gasteiger partial charge in [0.2, 0.25) is 17.8 Å². The number of nitrogens with one attached hydrogen (secondary N) is 5. The average Bonchev–Trinajstić information content (AvgIpc) is 3.18. The summed E-state index contributed by atoms with van der Waals surface area (Å²) in [5.74, 6) is 0.901. The second kappa shape index (κ2) is 24.6. The molecule has 4 aromatic rings. The highest BCUT2D eigenvalue weighted by Crippen LogP contribution is 2.17. The van der Waals surface area contributed by atoms with E-state index in [1.807, 2.05) is 30.3 Å². The van der Waals surface area contributed by atoms with Crippen LogP contribution >= 0.6 is 22.6 Å². The molecule has 0 bridgehead atoms. The number of phenols is 1. The van der Waals surface area contributed by atoms with Crippen LogP contribution in [0.3, 0.4) is 0 Å². The fraction of sp³-hybridized carbons (Fsp3) is 0.378. The Hall–Kier alpha value is -4.62. The molecular weight excluding hydrogens is 795 g/mol. The van der Waals surface area contributed by atoms with Crippen molar-refractivity contribution in [1.82, 2.24) is 25.6 Å². The van der Waals surface area contributed by atoms with Gasteiger partial charge in [-0.2, -0.15) is 15.0 Å². The van der Waals surface area contributed by atoms with E-state index in [9.17, 15) is 14.7 Å². The molecule has 16 heteroatoms. The van der Waals surface area contributed by atoms with Crippen LogP contribution in [0.25, 0.3) is 0 Å². The highest BCUT2D eigenvalue weighted by Gasteiger charge is 2.10. The molecule has 0 aliphatic rings. The molecule has 1 aromatic heterocycles. The van der Waals surface area contributed by atoms with Crippen LogP contribution in [0.15, 0.2) is 78.9 Å². The van der Waals surface area contributed by atoms with Crippen LogP contribution in [0.4, 0.5) is 23.5 Å². The van der Waals surface area contributed by atoms with Gasteiger partial charge in [0.1, 0.15) is 5.75 Å². The molecule has 2 amide bonds. The van der Waals surface area contributed by atoms with E-state index < -0.39 is 0 Å². The van der Waals surface area contributed by atoms with Crippen molar-refractivity contribution >= 4 is 57.9 Å². The molecule has 15 nitrogen and oxygen atoms in total. The van der Waals surface area contributed by atoms with Crippen molar-refractivity contribution in [3.63, 3.8) is 0 Å². The fourth-order valence-corrected chi connectivity index (χ4v) is 4.92. The third-order valence-corrected chi connectivity index (χ3v) is 7.71. The molecule has 0 fully saturated rings. The number of halogens is 1. The third-order valence-electron chi connectivity index (χ3n) is 7.27. The van der Waals surface area contributed by atoms with E-state index in [4.69, 9.17) is 18.9 Å². The van der Waals surface area contributed by atoms with Crippen LogP contribution in [-0.2, 0) is 25.4 Å². The molecule has 0 saturated heterocycles. The number of carbonyl (C=O) groups is 2. The Balaban J connectivity index is 1.21. The van der Waals surface area contributed by atoms with Gasteiger partial charge >= 0.3 is 0 Å². The normalized spacial score (nSPS) is 10.8. The lowest BCUT2D eigenvalue weighted by Crippen LogP contribution is -2.27. The van der Waals surface area contributed by atoms with Gasteiger partial charge in [-0.25, -0.2) is 0 Å². The van der Waals surface area contributed by atoms with Gasteiger partial charge in [0.05, 0.1) is 52.9 Å². The van der Waals surface area contributed by atoms with Gasteiger partial charge < -0.3 is 50.6 Å². The standard InChI is InChI=1S/C37H47IN8O7/c38-15-20-50-24-25-51-22-18-40-34(49)30-8-10-31(11-9-30)43-37-45-35(41-16-14-28-6-12-32(47)13-7-28)44-36(46-37)42-19-23-53-27-26-52-21-17-39-33(48)29-4-2-1-3-5-29/h1-13,47H,14-27H2,(H,39,48)(H,40,49)(H3,41,42,43,44,45,46). The summed E-state index contributed by atoms with van der Waals surface area (Å²) in [6.45, 7) is 5.44. The summed E-state index contributed by atoms with van der Waals surface area (Å²) >= 11 is 2.25. The lowest BCUT2D eigenvalue weighted by molar-refractivity contribution is 0.0519. The van der Waals surface area contributed by atoms with E-state index in [-0.39, 0.29) is 17.6 Å². The minimum atomic E-state index is -0.200. The van der Waals surface area contributed by atoms with Crippen LogP contribution < -0.4 is 26.6 Å². The zero-order chi connectivity index (χ0) is 37.4. The van der Waals surface area contributed by atoms with Crippen LogP contribution in [0.1, 0.15) is 26.3 Å². The zero-order valence-corrected chi connectivity index (χ0v) is 31.7. The van der Waals surface area contributed by atoms with E-state index in [1.54, 1.807) is 48.5 Å². The number of amides is 2. The summed E-state index contributed by atoms with van der Waals surface area (Å²) in [5.41, 5.74) is 2.86. The first-order valence-corrected chi connectivity index (χ1v) is 18.9. The smallest absolute Gasteiger partial charge is 0.251 e. The molecule has 0 unspecified atom stereocenters. The van der Waals surface area contributed by atoms with E-state index in [2.05, 4.69) is 64.1 Å². The molecule has 6 N–H and O–H groups in total. The first-order chi connectivity index (χ1) is 26.0. The summed E-state index contributed by atoms with van der Waals surface area (Å²) in [6.07, 6.45) is 0.690. The van der Waals surface area contributed by atoms with E-state index in [0.717, 1.165) is 9.99 Å². The quantitative estimate of drug-likeness (QED) is 0.0302. The molecule has 0 saturated carbocycles. The van der Waals surface area contributed by atoms with Gasteiger partial charge in [-0.05, 0) is 60.5 Å². The number of aromatic nitrogens is 3. The number of nitrogens with zero attached hydrogens (tertiary/aromatic N) is 3. The fourth-order valence-electron chi connectivity index (χ4n) is 4.61. The molecule has 284 valence electrons. The zero-order valence-electron chi connectivity index (χ0n) is 29.5. The van der Waals surface area contributed by atoms with Crippen LogP contribution in [0.5, 0.6) is 5.75 Å². The summed E-state index contributed by atoms with van der Waals surface area (Å²) in [6, 6.07) is 23.0. The molecular formula is C37H47IN8O7. The van der Waals surface area contributed by atoms with E-state index >= 15 is 0 Å². The van der Waals surface area contributed by atoms with Gasteiger partial charge in [-0.3, -0.25) is 9.59 Å². The largest absolute Gasteiger partial charge is 0.508 e. The monoisotopic (exact) mass is 842 g/mol. The van der Waals surface area contributed by atoms with Crippen LogP contribution in [0, 0.1) is 0 Å². The predicted octanol–water partition coefficient (Wildman–Crippen LogP) is 4.05. The van der Waals surface area contributed by atoms with Crippen molar-refractivity contribution in [1.29, 1.82) is 0 Å². The Bertz CT molecular complexity index is 1640. The number of anilines is 4. The maximum atomic E-state index is 12.6. The molecule has 0 radical (unpaired) electrons. The van der Waals surface area contributed by atoms with Gasteiger partial charge in [0, 0.05) is 47.4 Å². The van der Waals surface area contributed by atoms with Crippen molar-refractivity contribution in [2.24, 2.45) is 0 Å². The molecule has 53 heavy (non-hydrogen) atoms. The number of hydrogen-bond donors (Lipinski definition) is 6. The Morgan fingerprint density at radius 1 is 0.566 bits per heavy atom. The molecule has 0 spiro atoms. The van der Waals surface area contributed by atoms with E-state index in [0.29, 0.717) is 120 Å². The van der Waals surface area contributed by atoms with Gasteiger partial charge in [0.15, 0.2) is 0 Å². The topological polar surface area (TPSA) is 190 Å². The van der Waals surface area contributed by atoms with Crippen LogP contribution in [-0.4, -0.2) is 115 Å². The second-order valence-electron chi connectivity index (χ2n) is 11.3. The minimum Gasteiger partial charge on any atom is -0.508 e. The highest BCUT2D eigenvalue weighted by atomic mass is 127. The molecule has 0 atom stereocenters. The number of benzene rings is 3. The number of phenolic OH excluding ortho intramolecular Hbond substituents is 1. The minimum absolute atomic E-state index is 0.136. The maximum absolute atomic E-state index is 12.6. The Morgan fingerprint density at radius 2 is 1.08 bits per heavy atom. The Morgan fingerprint density at radius 3 is 1.66 bits per heavy atom. The predicted molar refractivity (Wildman–Crippen MR) is 212 cm³/mol. The Kier molecular flexibility index (Phi) is 19.1. The van der Waals surface area contributed by atoms with Crippen molar-refractivity contribution in [3.05, 3.63) is 95.6 Å². The number of aromatic hydroxyl groups is 1. The SMILES string of the molecule is O=C(NCCOCCOCCI)c1ccc(Nc2nc(NCCOCCOCCNC(=O)c3ccccc3)nc(NCCc3ccc(O)cc3)n2)cc1. The lowest BCUT2D eigenvalue weighted by Gasteiger charge is -2.12. The molecule has 3 aromatic carbocycles. The highest BCUT2D eigenvalue weighted by molar-refractivity contribution is 14.1. The number of alkyl halides is 1. The van der Waals surface area contributed by atoms with Gasteiger partial charge in [-0.1, -0.05) is 52.9 Å². The summed E-state index contributed by atoms with van der Waals surface area (Å²) < 4.78 is 23.0. The summed E-state index contributed by atoms with van der Waals surface area (Å²) in [4.78, 5) is 38.2. The number of rotatable bonds is 26. The second-order valence-corrected chi connectivity index (χ2v) is 12.4. The van der Waals surface area contributed by atoms with Crippen LogP contribution in [0.2, 0.25) is 0 Å². The van der Waals surface area contributed by atoms with E-state index in [1.165, 1.54) is 0 Å². The molecule has 0 aliphatic heterocycles. The van der Waals surface area contributed by atoms with Gasteiger partial charge in [0.25, 0.3) is 11.8 Å². The average molecular weight is 843 g/mol. The molecule has 0 aliphatic carbocycles. The summed E-state index contributed by atoms with van der Waals surface area (Å²) in [7, 11) is 0. The Labute approximate surface area is 323 Å². The number of carbonyl (C=O) groups excluding carboxylic acids is 2. The molecule has 4 rings (SSSR count). The first-order valence-electron chi connectivity index (χ1n) is 17.4. The summed E-state index contributed by atoms with van der Waals surface area (Å²) in [5, 5.41) is 24.8. The van der Waals surface area contributed by atoms with Crippen molar-refractivity contribution in [2.75, 3.05) is 99.4 Å². The number of hydrogen-bond acceptors (Lipinski definition) is 13. The number of ether oxygens (including phenoxy) is 4. The van der Waals surface area contributed by atoms with Gasteiger partial charge in [-0.15, -0.1) is 0 Å².